The molecule has 0 N–H and O–H groups in total. The predicted octanol–water partition coefficient (Wildman–Crippen LogP) is 3.79. The van der Waals surface area contributed by atoms with Crippen molar-refractivity contribution in [2.45, 2.75) is 52.4 Å². The molecule has 0 fully saturated rings. The molecule has 7 nitrogen and oxygen atoms in total. The lowest BCUT2D eigenvalue weighted by Crippen LogP contribution is -2.19. The zero-order chi connectivity index (χ0) is 18.9. The Morgan fingerprint density at radius 3 is 2.12 bits per heavy atom. The number of cyclic esters (lactones) is 2. The Hall–Kier alpha value is -2.57. The van der Waals surface area contributed by atoms with E-state index in [-0.39, 0.29) is 11.1 Å². The molecule has 0 unspecified atom stereocenters. The van der Waals surface area contributed by atoms with Crippen molar-refractivity contribution in [2.24, 2.45) is 0 Å². The molecule has 0 saturated heterocycles. The van der Waals surface area contributed by atoms with E-state index >= 15 is 0 Å². The molecule has 7 heteroatoms. The summed E-state index contributed by atoms with van der Waals surface area (Å²) in [5.74, 6) is -0.692. The van der Waals surface area contributed by atoms with Crippen LogP contribution >= 0.6 is 0 Å². The summed E-state index contributed by atoms with van der Waals surface area (Å²) in [4.78, 5) is 37.1. The number of hydrogen-bond donors (Lipinski definition) is 0. The number of nitrogens with zero attached hydrogens (tertiary/aromatic N) is 2. The van der Waals surface area contributed by atoms with Gasteiger partial charge in [-0.1, -0.05) is 41.5 Å². The van der Waals surface area contributed by atoms with Gasteiger partial charge >= 0.3 is 18.2 Å². The minimum Gasteiger partial charge on any atom is -0.452 e. The van der Waals surface area contributed by atoms with Crippen LogP contribution in [0.4, 0.5) is 9.59 Å². The SMILES string of the molecule is COC(=O)n1cc(C(C)(C)C)c2c1c(C(C)(C)C)c1n2C(=O)OC1=O. The molecule has 0 spiro atoms. The van der Waals surface area contributed by atoms with Gasteiger partial charge in [0.05, 0.1) is 18.1 Å². The molecule has 0 aromatic carbocycles. The van der Waals surface area contributed by atoms with Gasteiger partial charge in [-0.2, -0.15) is 0 Å². The van der Waals surface area contributed by atoms with Crippen molar-refractivity contribution in [3.05, 3.63) is 23.0 Å². The summed E-state index contributed by atoms with van der Waals surface area (Å²) in [7, 11) is 1.30. The van der Waals surface area contributed by atoms with Gasteiger partial charge in [0.15, 0.2) is 0 Å². The minimum absolute atomic E-state index is 0.186. The van der Waals surface area contributed by atoms with Gasteiger partial charge < -0.3 is 9.47 Å². The molecule has 0 atom stereocenters. The number of ether oxygens (including phenoxy) is 2. The number of carbonyl (C=O) groups excluding carboxylic acids is 3. The highest BCUT2D eigenvalue weighted by Crippen LogP contribution is 2.43. The topological polar surface area (TPSA) is 79.5 Å². The van der Waals surface area contributed by atoms with Crippen LogP contribution in [0.15, 0.2) is 6.20 Å². The monoisotopic (exact) mass is 346 g/mol. The van der Waals surface area contributed by atoms with Gasteiger partial charge in [0.1, 0.15) is 5.69 Å². The molecule has 2 aromatic rings. The summed E-state index contributed by atoms with van der Waals surface area (Å²) in [6, 6.07) is 0. The van der Waals surface area contributed by atoms with E-state index in [1.165, 1.54) is 16.2 Å². The quantitative estimate of drug-likeness (QED) is 0.535. The Morgan fingerprint density at radius 1 is 1.04 bits per heavy atom. The maximum absolute atomic E-state index is 12.4. The Labute approximate surface area is 145 Å². The Morgan fingerprint density at radius 2 is 1.64 bits per heavy atom. The number of rotatable bonds is 0. The zero-order valence-electron chi connectivity index (χ0n) is 15.5. The third-order valence-electron chi connectivity index (χ3n) is 4.38. The van der Waals surface area contributed by atoms with E-state index in [2.05, 4.69) is 0 Å². The first-order valence-corrected chi connectivity index (χ1v) is 8.05. The second-order valence-electron chi connectivity index (χ2n) is 8.29. The largest absolute Gasteiger partial charge is 0.452 e. The molecule has 0 bridgehead atoms. The summed E-state index contributed by atoms with van der Waals surface area (Å²) >= 11 is 0. The molecule has 0 saturated carbocycles. The van der Waals surface area contributed by atoms with Gasteiger partial charge in [-0.15, -0.1) is 0 Å². The number of fused-ring (bicyclic) bond motifs is 3. The van der Waals surface area contributed by atoms with Crippen LogP contribution in [-0.4, -0.2) is 34.4 Å². The first-order chi connectivity index (χ1) is 11.4. The van der Waals surface area contributed by atoms with Crippen LogP contribution in [0.3, 0.4) is 0 Å². The Bertz CT molecular complexity index is 932. The molecule has 1 aliphatic rings. The second kappa shape index (κ2) is 4.97. The van der Waals surface area contributed by atoms with Crippen molar-refractivity contribution in [3.63, 3.8) is 0 Å². The number of hydrogen-bond acceptors (Lipinski definition) is 5. The Kier molecular flexibility index (Phi) is 3.43. The first-order valence-electron chi connectivity index (χ1n) is 8.05. The van der Waals surface area contributed by atoms with Crippen LogP contribution in [0.1, 0.15) is 63.2 Å². The summed E-state index contributed by atoms with van der Waals surface area (Å²) in [6.45, 7) is 11.7. The average Bonchev–Trinajstić information content (AvgIpc) is 3.06. The molecule has 0 amide bonds. The smallest absolute Gasteiger partial charge is 0.427 e. The van der Waals surface area contributed by atoms with E-state index in [1.807, 2.05) is 41.5 Å². The Balaban J connectivity index is 2.60. The van der Waals surface area contributed by atoms with Gasteiger partial charge in [0.25, 0.3) is 0 Å². The maximum atomic E-state index is 12.4. The van der Waals surface area contributed by atoms with Crippen molar-refractivity contribution in [2.75, 3.05) is 7.11 Å². The summed E-state index contributed by atoms with van der Waals surface area (Å²) < 4.78 is 12.4. The third-order valence-corrected chi connectivity index (χ3v) is 4.38. The number of esters is 1. The lowest BCUT2D eigenvalue weighted by Gasteiger charge is -2.19. The maximum Gasteiger partial charge on any atom is 0.427 e. The normalized spacial score (nSPS) is 14.8. The fraction of sp³-hybridized carbons (Fsp3) is 0.500. The van der Waals surface area contributed by atoms with E-state index in [0.29, 0.717) is 16.6 Å². The van der Waals surface area contributed by atoms with E-state index in [4.69, 9.17) is 9.47 Å². The van der Waals surface area contributed by atoms with Crippen LogP contribution in [0.2, 0.25) is 0 Å². The van der Waals surface area contributed by atoms with E-state index < -0.39 is 23.6 Å². The molecule has 134 valence electrons. The lowest BCUT2D eigenvalue weighted by molar-refractivity contribution is 0.0674. The number of methoxy groups -OCH3 is 1. The predicted molar refractivity (Wildman–Crippen MR) is 91.3 cm³/mol. The first kappa shape index (κ1) is 17.3. The third kappa shape index (κ3) is 2.29. The molecule has 0 radical (unpaired) electrons. The van der Waals surface area contributed by atoms with Crippen molar-refractivity contribution in [3.8, 4) is 0 Å². The van der Waals surface area contributed by atoms with Crippen LogP contribution in [-0.2, 0) is 20.3 Å². The standard InChI is InChI=1S/C18H22N2O5/c1-17(2,3)9-8-19(15(22)24-7)12-10(18(4,5)6)13-14(21)25-16(23)20(13)11(9)12/h8H,1-7H3. The van der Waals surface area contributed by atoms with Crippen molar-refractivity contribution in [1.82, 2.24) is 9.13 Å². The van der Waals surface area contributed by atoms with Crippen molar-refractivity contribution >= 4 is 29.2 Å². The summed E-state index contributed by atoms with van der Waals surface area (Å²) in [5.41, 5.74) is 1.72. The second-order valence-corrected chi connectivity index (χ2v) is 8.29. The zero-order valence-corrected chi connectivity index (χ0v) is 15.5. The van der Waals surface area contributed by atoms with Gasteiger partial charge in [-0.25, -0.2) is 19.0 Å². The highest BCUT2D eigenvalue weighted by molar-refractivity contribution is 6.14. The van der Waals surface area contributed by atoms with Crippen molar-refractivity contribution in [1.29, 1.82) is 0 Å². The van der Waals surface area contributed by atoms with Crippen LogP contribution in [0, 0.1) is 0 Å². The highest BCUT2D eigenvalue weighted by atomic mass is 16.6. The van der Waals surface area contributed by atoms with Crippen LogP contribution in [0.25, 0.3) is 11.0 Å². The number of carbonyl (C=O) groups is 3. The molecular formula is C18H22N2O5. The van der Waals surface area contributed by atoms with Crippen LogP contribution in [0.5, 0.6) is 0 Å². The van der Waals surface area contributed by atoms with Gasteiger partial charge in [0.2, 0.25) is 0 Å². The van der Waals surface area contributed by atoms with Gasteiger partial charge in [-0.05, 0) is 10.8 Å². The summed E-state index contributed by atoms with van der Waals surface area (Å²) in [5, 5.41) is 0. The van der Waals surface area contributed by atoms with Gasteiger partial charge in [0, 0.05) is 17.3 Å². The van der Waals surface area contributed by atoms with E-state index in [9.17, 15) is 14.4 Å². The fourth-order valence-corrected chi connectivity index (χ4v) is 3.35. The van der Waals surface area contributed by atoms with E-state index in [0.717, 1.165) is 5.56 Å². The fourth-order valence-electron chi connectivity index (χ4n) is 3.35. The molecule has 25 heavy (non-hydrogen) atoms. The highest BCUT2D eigenvalue weighted by Gasteiger charge is 2.43. The van der Waals surface area contributed by atoms with Crippen molar-refractivity contribution < 1.29 is 23.9 Å². The van der Waals surface area contributed by atoms with Crippen LogP contribution < -0.4 is 0 Å². The molecule has 2 aromatic heterocycles. The lowest BCUT2D eigenvalue weighted by atomic mass is 9.85. The molecule has 3 rings (SSSR count). The molecule has 3 heterocycles. The van der Waals surface area contributed by atoms with E-state index in [1.54, 1.807) is 6.20 Å². The molecular weight excluding hydrogens is 324 g/mol. The number of aromatic nitrogens is 2. The average molecular weight is 346 g/mol. The minimum atomic E-state index is -0.742. The molecule has 1 aliphatic heterocycles. The van der Waals surface area contributed by atoms with Gasteiger partial charge in [-0.3, -0.25) is 4.57 Å². The summed E-state index contributed by atoms with van der Waals surface area (Å²) in [6.07, 6.45) is 0.361. The molecule has 0 aliphatic carbocycles.